The Balaban J connectivity index is 2.15. The van der Waals surface area contributed by atoms with E-state index in [-0.39, 0.29) is 29.7 Å². The zero-order valence-corrected chi connectivity index (χ0v) is 15.7. The second-order valence-electron chi connectivity index (χ2n) is 6.36. The summed E-state index contributed by atoms with van der Waals surface area (Å²) in [6.45, 7) is 4.21. The molecule has 2 aromatic rings. The second kappa shape index (κ2) is 10.3. The first-order valence-corrected chi connectivity index (χ1v) is 9.69. The zero-order valence-electron chi connectivity index (χ0n) is 14.9. The summed E-state index contributed by atoms with van der Waals surface area (Å²) in [5.41, 5.74) is 0.999. The fraction of sp³-hybridized carbons (Fsp3) is 0.381. The van der Waals surface area contributed by atoms with Crippen molar-refractivity contribution in [3.63, 3.8) is 0 Å². The Hall–Kier alpha value is -1.78. The monoisotopic (exact) mass is 357 g/mol. The quantitative estimate of drug-likeness (QED) is 0.653. The lowest BCUT2D eigenvalue weighted by molar-refractivity contribution is -0.121. The number of hydrogen-bond donors (Lipinski definition) is 2. The summed E-state index contributed by atoms with van der Waals surface area (Å²) in [6, 6.07) is 20.0. The maximum Gasteiger partial charge on any atom is 0.238 e. The number of rotatable bonds is 9. The number of nitrogens with one attached hydrogen (secondary N) is 1. The van der Waals surface area contributed by atoms with E-state index in [2.05, 4.69) is 12.2 Å². The lowest BCUT2D eigenvalue weighted by Crippen LogP contribution is -2.38. The van der Waals surface area contributed by atoms with Crippen molar-refractivity contribution >= 4 is 17.7 Å². The molecule has 0 heterocycles. The Morgan fingerprint density at radius 3 is 2.24 bits per heavy atom. The standard InChI is InChI=1S/C21H27NO2S/c1-3-18(14-16(2)15-23)22-21(24)20(17-10-6-4-7-11-17)25-19-12-8-5-9-13-19/h4-13,16,18,20,23H,3,14-15H2,1-2H3,(H,22,24)/t16-,18-,20+/m1/s1. The summed E-state index contributed by atoms with van der Waals surface area (Å²) in [4.78, 5) is 14.1. The van der Waals surface area contributed by atoms with Crippen LogP contribution in [0.1, 0.15) is 37.5 Å². The van der Waals surface area contributed by atoms with Crippen molar-refractivity contribution in [2.45, 2.75) is 42.9 Å². The van der Waals surface area contributed by atoms with E-state index < -0.39 is 0 Å². The first-order valence-electron chi connectivity index (χ1n) is 8.82. The fourth-order valence-electron chi connectivity index (χ4n) is 2.70. The number of carbonyl (C=O) groups is 1. The molecule has 134 valence electrons. The van der Waals surface area contributed by atoms with Crippen LogP contribution in [0.3, 0.4) is 0 Å². The molecular formula is C21H27NO2S. The van der Waals surface area contributed by atoms with Gasteiger partial charge in [-0.1, -0.05) is 62.4 Å². The van der Waals surface area contributed by atoms with E-state index in [1.165, 1.54) is 0 Å². The predicted octanol–water partition coefficient (Wildman–Crippen LogP) is 4.43. The molecule has 0 radical (unpaired) electrons. The van der Waals surface area contributed by atoms with E-state index in [0.29, 0.717) is 0 Å². The molecule has 0 spiro atoms. The molecule has 3 atom stereocenters. The highest BCUT2D eigenvalue weighted by molar-refractivity contribution is 8.00. The molecule has 2 N–H and O–H groups in total. The van der Waals surface area contributed by atoms with Crippen LogP contribution in [0.15, 0.2) is 65.6 Å². The molecular weight excluding hydrogens is 330 g/mol. The smallest absolute Gasteiger partial charge is 0.238 e. The number of benzene rings is 2. The van der Waals surface area contributed by atoms with Crippen LogP contribution in [0.5, 0.6) is 0 Å². The molecule has 0 saturated carbocycles. The predicted molar refractivity (Wildman–Crippen MR) is 105 cm³/mol. The molecule has 2 aromatic carbocycles. The molecule has 0 aliphatic rings. The normalized spacial score (nSPS) is 14.5. The van der Waals surface area contributed by atoms with Gasteiger partial charge in [-0.25, -0.2) is 0 Å². The highest BCUT2D eigenvalue weighted by atomic mass is 32.2. The fourth-order valence-corrected chi connectivity index (χ4v) is 3.76. The van der Waals surface area contributed by atoms with Gasteiger partial charge in [0.05, 0.1) is 0 Å². The second-order valence-corrected chi connectivity index (χ2v) is 7.54. The third-order valence-electron chi connectivity index (χ3n) is 4.18. The molecule has 3 nitrogen and oxygen atoms in total. The topological polar surface area (TPSA) is 49.3 Å². The summed E-state index contributed by atoms with van der Waals surface area (Å²) >= 11 is 1.57. The maximum atomic E-state index is 13.0. The minimum absolute atomic E-state index is 0.0250. The molecule has 2 rings (SSSR count). The third-order valence-corrected chi connectivity index (χ3v) is 5.44. The Bertz CT molecular complexity index is 633. The Morgan fingerprint density at radius 2 is 1.68 bits per heavy atom. The molecule has 0 saturated heterocycles. The van der Waals surface area contributed by atoms with Gasteiger partial charge >= 0.3 is 0 Å². The van der Waals surface area contributed by atoms with Crippen LogP contribution >= 0.6 is 11.8 Å². The largest absolute Gasteiger partial charge is 0.396 e. The van der Waals surface area contributed by atoms with Gasteiger partial charge in [-0.3, -0.25) is 4.79 Å². The zero-order chi connectivity index (χ0) is 18.1. The van der Waals surface area contributed by atoms with Gasteiger partial charge in [0.15, 0.2) is 0 Å². The number of hydrogen-bond acceptors (Lipinski definition) is 3. The summed E-state index contributed by atoms with van der Waals surface area (Å²) in [5.74, 6) is 0.208. The van der Waals surface area contributed by atoms with Crippen molar-refractivity contribution in [2.24, 2.45) is 5.92 Å². The van der Waals surface area contributed by atoms with Crippen LogP contribution in [0.4, 0.5) is 0 Å². The summed E-state index contributed by atoms with van der Waals surface area (Å²) in [5, 5.41) is 12.2. The van der Waals surface area contributed by atoms with E-state index >= 15 is 0 Å². The summed E-state index contributed by atoms with van der Waals surface area (Å²) in [7, 11) is 0. The number of amides is 1. The van der Waals surface area contributed by atoms with Gasteiger partial charge < -0.3 is 10.4 Å². The van der Waals surface area contributed by atoms with Crippen LogP contribution in [0.25, 0.3) is 0 Å². The van der Waals surface area contributed by atoms with Crippen molar-refractivity contribution < 1.29 is 9.90 Å². The van der Waals surface area contributed by atoms with Gasteiger partial charge in [0.25, 0.3) is 0 Å². The first kappa shape index (κ1) is 19.5. The SMILES string of the molecule is CC[C@H](C[C@@H](C)CO)NC(=O)[C@@H](Sc1ccccc1)c1ccccc1. The summed E-state index contributed by atoms with van der Waals surface area (Å²) < 4.78 is 0. The van der Waals surface area contributed by atoms with Gasteiger partial charge in [-0.2, -0.15) is 0 Å². The summed E-state index contributed by atoms with van der Waals surface area (Å²) in [6.07, 6.45) is 1.64. The number of aliphatic hydroxyl groups is 1. The number of aliphatic hydroxyl groups excluding tert-OH is 1. The van der Waals surface area contributed by atoms with Crippen molar-refractivity contribution in [1.82, 2.24) is 5.32 Å². The van der Waals surface area contributed by atoms with Crippen molar-refractivity contribution in [2.75, 3.05) is 6.61 Å². The van der Waals surface area contributed by atoms with Crippen LogP contribution in [0, 0.1) is 5.92 Å². The van der Waals surface area contributed by atoms with E-state index in [0.717, 1.165) is 23.3 Å². The Labute approximate surface area is 154 Å². The first-order chi connectivity index (χ1) is 12.1. The molecule has 0 aliphatic carbocycles. The van der Waals surface area contributed by atoms with Crippen LogP contribution in [0.2, 0.25) is 0 Å². The molecule has 0 aliphatic heterocycles. The van der Waals surface area contributed by atoms with E-state index in [4.69, 9.17) is 0 Å². The van der Waals surface area contributed by atoms with Crippen molar-refractivity contribution in [3.05, 3.63) is 66.2 Å². The molecule has 0 bridgehead atoms. The van der Waals surface area contributed by atoms with E-state index in [1.807, 2.05) is 67.6 Å². The van der Waals surface area contributed by atoms with Gasteiger partial charge in [-0.15, -0.1) is 11.8 Å². The van der Waals surface area contributed by atoms with Gasteiger partial charge in [0, 0.05) is 17.5 Å². The van der Waals surface area contributed by atoms with E-state index in [9.17, 15) is 9.90 Å². The minimum Gasteiger partial charge on any atom is -0.396 e. The average Bonchev–Trinajstić information content (AvgIpc) is 2.66. The molecule has 0 fully saturated rings. The van der Waals surface area contributed by atoms with Gasteiger partial charge in [-0.05, 0) is 36.5 Å². The van der Waals surface area contributed by atoms with E-state index in [1.54, 1.807) is 11.8 Å². The van der Waals surface area contributed by atoms with Gasteiger partial charge in [0.1, 0.15) is 5.25 Å². The number of carbonyl (C=O) groups excluding carboxylic acids is 1. The highest BCUT2D eigenvalue weighted by Crippen LogP contribution is 2.35. The Kier molecular flexibility index (Phi) is 8.02. The number of thioether (sulfide) groups is 1. The molecule has 25 heavy (non-hydrogen) atoms. The van der Waals surface area contributed by atoms with Crippen molar-refractivity contribution in [3.8, 4) is 0 Å². The van der Waals surface area contributed by atoms with Crippen molar-refractivity contribution in [1.29, 1.82) is 0 Å². The van der Waals surface area contributed by atoms with Crippen LogP contribution in [-0.4, -0.2) is 23.7 Å². The van der Waals surface area contributed by atoms with Gasteiger partial charge in [0.2, 0.25) is 5.91 Å². The minimum atomic E-state index is -0.290. The molecule has 0 unspecified atom stereocenters. The lowest BCUT2D eigenvalue weighted by Gasteiger charge is -2.24. The average molecular weight is 358 g/mol. The highest BCUT2D eigenvalue weighted by Gasteiger charge is 2.24. The Morgan fingerprint density at radius 1 is 1.08 bits per heavy atom. The van der Waals surface area contributed by atoms with Crippen LogP contribution in [-0.2, 0) is 4.79 Å². The molecule has 1 amide bonds. The van der Waals surface area contributed by atoms with Crippen LogP contribution < -0.4 is 5.32 Å². The maximum absolute atomic E-state index is 13.0. The molecule has 4 heteroatoms. The molecule has 0 aromatic heterocycles. The lowest BCUT2D eigenvalue weighted by atomic mass is 10.0. The third kappa shape index (κ3) is 6.22.